The van der Waals surface area contributed by atoms with Crippen LogP contribution in [0, 0.1) is 23.7 Å². The number of hydrogen-bond acceptors (Lipinski definition) is 6. The van der Waals surface area contributed by atoms with E-state index in [-0.39, 0.29) is 18.5 Å². The maximum Gasteiger partial charge on any atom is 0.196 e. The fourth-order valence-electron chi connectivity index (χ4n) is 6.51. The molecule has 0 aromatic heterocycles. The first-order valence-electron chi connectivity index (χ1n) is 12.6. The van der Waals surface area contributed by atoms with Gasteiger partial charge in [-0.25, -0.2) is 9.78 Å². The van der Waals surface area contributed by atoms with Crippen LogP contribution in [0.15, 0.2) is 24.3 Å². The molecule has 5 aliphatic rings. The zero-order valence-electron chi connectivity index (χ0n) is 20.0. The van der Waals surface area contributed by atoms with Gasteiger partial charge in [0.1, 0.15) is 0 Å². The number of nitrogens with zero attached hydrogens (tertiary/aromatic N) is 1. The predicted molar refractivity (Wildman–Crippen MR) is 120 cm³/mol. The van der Waals surface area contributed by atoms with Crippen molar-refractivity contribution in [3.8, 4) is 0 Å². The first-order valence-corrected chi connectivity index (χ1v) is 12.6. The molecular formula is C26H39NO5. The Morgan fingerprint density at radius 1 is 0.938 bits per heavy atom. The molecule has 1 aromatic carbocycles. The molecule has 0 amide bonds. The van der Waals surface area contributed by atoms with Crippen LogP contribution >= 0.6 is 0 Å². The number of hydrogen-bond donors (Lipinski definition) is 0. The molecule has 4 heterocycles. The van der Waals surface area contributed by atoms with Crippen molar-refractivity contribution in [1.82, 2.24) is 4.90 Å². The van der Waals surface area contributed by atoms with Crippen molar-refractivity contribution in [3.05, 3.63) is 35.4 Å². The van der Waals surface area contributed by atoms with Gasteiger partial charge in [-0.2, -0.15) is 0 Å². The molecule has 8 atom stereocenters. The number of benzene rings is 1. The molecule has 1 aromatic rings. The molecule has 0 N–H and O–H groups in total. The second kappa shape index (κ2) is 9.32. The Morgan fingerprint density at radius 3 is 2.41 bits per heavy atom. The highest BCUT2D eigenvalue weighted by Crippen LogP contribution is 2.58. The summed E-state index contributed by atoms with van der Waals surface area (Å²) in [7, 11) is 0. The van der Waals surface area contributed by atoms with Gasteiger partial charge in [0, 0.05) is 24.8 Å². The maximum absolute atomic E-state index is 6.46. The summed E-state index contributed by atoms with van der Waals surface area (Å²) in [6.07, 6.45) is 3.18. The summed E-state index contributed by atoms with van der Waals surface area (Å²) in [5.74, 6) is 1.51. The molecule has 32 heavy (non-hydrogen) atoms. The molecule has 1 saturated carbocycles. The molecule has 5 fully saturated rings. The summed E-state index contributed by atoms with van der Waals surface area (Å²) in [6, 6.07) is 8.77. The van der Waals surface area contributed by atoms with Gasteiger partial charge in [0.25, 0.3) is 0 Å². The Balaban J connectivity index is 1.26. The highest BCUT2D eigenvalue weighted by Gasteiger charge is 2.67. The maximum atomic E-state index is 6.46. The summed E-state index contributed by atoms with van der Waals surface area (Å²) in [5, 5.41) is 0. The molecule has 6 nitrogen and oxygen atoms in total. The second-order valence-corrected chi connectivity index (χ2v) is 10.2. The molecule has 6 heteroatoms. The molecule has 1 spiro atoms. The normalized spacial score (nSPS) is 40.8. The lowest BCUT2D eigenvalue weighted by atomic mass is 9.58. The van der Waals surface area contributed by atoms with Gasteiger partial charge in [-0.3, -0.25) is 4.90 Å². The SMILES string of the molecule is CCN(CC)Cc1ccc(CO[C@H]2OC3O[C@H]4CC[C@H]5[C@H](C)CCC([C@H]2C)[C@@]35OO4)cc1. The molecule has 0 radical (unpaired) electrons. The Hall–Kier alpha value is -1.02. The third-order valence-electron chi connectivity index (χ3n) is 8.50. The third kappa shape index (κ3) is 3.93. The zero-order valence-corrected chi connectivity index (χ0v) is 20.0. The summed E-state index contributed by atoms with van der Waals surface area (Å²) in [4.78, 5) is 14.3. The molecule has 4 aliphatic heterocycles. The van der Waals surface area contributed by atoms with Crippen molar-refractivity contribution in [3.63, 3.8) is 0 Å². The predicted octanol–water partition coefficient (Wildman–Crippen LogP) is 4.86. The van der Waals surface area contributed by atoms with Crippen LogP contribution in [-0.2, 0) is 37.1 Å². The van der Waals surface area contributed by atoms with Crippen LogP contribution in [-0.4, -0.2) is 42.5 Å². The average molecular weight is 446 g/mol. The first-order chi connectivity index (χ1) is 15.5. The minimum Gasteiger partial charge on any atom is -0.348 e. The first kappa shape index (κ1) is 22.8. The largest absolute Gasteiger partial charge is 0.348 e. The summed E-state index contributed by atoms with van der Waals surface area (Å²) >= 11 is 0. The van der Waals surface area contributed by atoms with Crippen LogP contribution in [0.25, 0.3) is 0 Å². The number of rotatable bonds is 7. The molecule has 2 bridgehead atoms. The fourth-order valence-corrected chi connectivity index (χ4v) is 6.51. The minimum absolute atomic E-state index is 0.213. The van der Waals surface area contributed by atoms with E-state index in [1.54, 1.807) is 0 Å². The van der Waals surface area contributed by atoms with E-state index in [4.69, 9.17) is 24.0 Å². The van der Waals surface area contributed by atoms with Gasteiger partial charge in [-0.15, -0.1) is 0 Å². The molecular weight excluding hydrogens is 406 g/mol. The van der Waals surface area contributed by atoms with Crippen molar-refractivity contribution in [1.29, 1.82) is 0 Å². The Labute approximate surface area is 192 Å². The number of ether oxygens (including phenoxy) is 3. The van der Waals surface area contributed by atoms with E-state index in [0.717, 1.165) is 38.9 Å². The van der Waals surface area contributed by atoms with Crippen LogP contribution in [0.4, 0.5) is 0 Å². The lowest BCUT2D eigenvalue weighted by molar-refractivity contribution is -0.551. The van der Waals surface area contributed by atoms with Gasteiger partial charge in [0.05, 0.1) is 6.61 Å². The van der Waals surface area contributed by atoms with E-state index in [1.165, 1.54) is 17.5 Å². The van der Waals surface area contributed by atoms with Gasteiger partial charge in [-0.1, -0.05) is 52.0 Å². The molecule has 6 rings (SSSR count). The molecule has 178 valence electrons. The zero-order chi connectivity index (χ0) is 22.3. The second-order valence-electron chi connectivity index (χ2n) is 10.2. The standard InChI is InChI=1S/C26H39NO5/c1-5-27(6-2)15-19-8-10-20(11-9-19)16-28-24-18(4)22-12-7-17(3)21-13-14-23-29-25(30-24)26(21,22)32-31-23/h8-11,17-18,21-25H,5-7,12-16H2,1-4H3/t17-,18-,21+,22?,23-,24+,25?,26-/m1/s1. The van der Waals surface area contributed by atoms with Crippen LogP contribution in [0.5, 0.6) is 0 Å². The van der Waals surface area contributed by atoms with Crippen LogP contribution in [0.2, 0.25) is 0 Å². The van der Waals surface area contributed by atoms with E-state index < -0.39 is 11.9 Å². The van der Waals surface area contributed by atoms with Crippen molar-refractivity contribution >= 4 is 0 Å². The average Bonchev–Trinajstić information content (AvgIpc) is 3.10. The highest BCUT2D eigenvalue weighted by molar-refractivity contribution is 5.22. The summed E-state index contributed by atoms with van der Waals surface area (Å²) < 4.78 is 19.1. The lowest BCUT2D eigenvalue weighted by Gasteiger charge is -2.59. The van der Waals surface area contributed by atoms with E-state index >= 15 is 0 Å². The Bertz CT molecular complexity index is 768. The van der Waals surface area contributed by atoms with Gasteiger partial charge >= 0.3 is 0 Å². The quantitative estimate of drug-likeness (QED) is 0.559. The minimum atomic E-state index is -0.504. The van der Waals surface area contributed by atoms with Crippen molar-refractivity contribution in [2.24, 2.45) is 23.7 Å². The van der Waals surface area contributed by atoms with Gasteiger partial charge in [-0.05, 0) is 55.3 Å². The van der Waals surface area contributed by atoms with Crippen molar-refractivity contribution < 1.29 is 24.0 Å². The van der Waals surface area contributed by atoms with E-state index in [9.17, 15) is 0 Å². The van der Waals surface area contributed by atoms with E-state index in [2.05, 4.69) is 56.9 Å². The lowest BCUT2D eigenvalue weighted by Crippen LogP contribution is -2.69. The topological polar surface area (TPSA) is 49.4 Å². The van der Waals surface area contributed by atoms with Crippen molar-refractivity contribution in [2.75, 3.05) is 13.1 Å². The smallest absolute Gasteiger partial charge is 0.196 e. The molecule has 2 unspecified atom stereocenters. The van der Waals surface area contributed by atoms with Gasteiger partial charge < -0.3 is 14.2 Å². The van der Waals surface area contributed by atoms with Gasteiger partial charge in [0.15, 0.2) is 24.5 Å². The van der Waals surface area contributed by atoms with Gasteiger partial charge in [0.2, 0.25) is 0 Å². The molecule has 4 saturated heterocycles. The molecule has 1 aliphatic carbocycles. The van der Waals surface area contributed by atoms with Crippen LogP contribution in [0.3, 0.4) is 0 Å². The summed E-state index contributed by atoms with van der Waals surface area (Å²) in [6.45, 7) is 12.6. The monoisotopic (exact) mass is 445 g/mol. The number of fused-ring (bicyclic) bond motifs is 2. The van der Waals surface area contributed by atoms with Crippen molar-refractivity contribution in [2.45, 2.75) is 91.0 Å². The van der Waals surface area contributed by atoms with E-state index in [0.29, 0.717) is 24.4 Å². The Morgan fingerprint density at radius 2 is 1.66 bits per heavy atom. The van der Waals surface area contributed by atoms with Crippen LogP contribution in [0.1, 0.15) is 64.5 Å². The van der Waals surface area contributed by atoms with Crippen LogP contribution < -0.4 is 0 Å². The highest BCUT2D eigenvalue weighted by atomic mass is 17.2. The third-order valence-corrected chi connectivity index (χ3v) is 8.50. The van der Waals surface area contributed by atoms with E-state index in [1.807, 2.05) is 0 Å². The summed E-state index contributed by atoms with van der Waals surface area (Å²) in [5.41, 5.74) is 2.00. The Kier molecular flexibility index (Phi) is 6.63. The fraction of sp³-hybridized carbons (Fsp3) is 0.769.